The molecular weight excluding hydrogens is 391 g/mol. The molecule has 0 saturated heterocycles. The predicted octanol–water partition coefficient (Wildman–Crippen LogP) is 5.10. The highest BCUT2D eigenvalue weighted by Crippen LogP contribution is 2.46. The number of hydrogen-bond donors (Lipinski definition) is 2. The predicted molar refractivity (Wildman–Crippen MR) is 115 cm³/mol. The topological polar surface area (TPSA) is 87.7 Å². The fourth-order valence-electron chi connectivity index (χ4n) is 3.95. The van der Waals surface area contributed by atoms with Crippen LogP contribution >= 0.6 is 0 Å². The largest absolute Gasteiger partial charge is 0.420 e. The van der Waals surface area contributed by atoms with Crippen molar-refractivity contribution < 1.29 is 9.13 Å². The van der Waals surface area contributed by atoms with Gasteiger partial charge in [-0.3, -0.25) is 5.10 Å². The zero-order valence-electron chi connectivity index (χ0n) is 16.3. The molecule has 0 saturated carbocycles. The number of benzene rings is 3. The second-order valence-electron chi connectivity index (χ2n) is 7.21. The van der Waals surface area contributed by atoms with Crippen LogP contribution in [-0.4, -0.2) is 10.2 Å². The standard InChI is InChI=1S/C25H17FN4O/c26-20-9-5-4-8-18(20)21-19(14-27)24(28)31-25-22(21)23(29-30-25)17-12-10-16(11-13-17)15-6-2-1-3-7-15/h1-13,21H,28H2,(H,29,30)/t21-/m0/s1. The summed E-state index contributed by atoms with van der Waals surface area (Å²) in [6.45, 7) is 0. The molecule has 1 atom stereocenters. The van der Waals surface area contributed by atoms with E-state index in [1.807, 2.05) is 54.6 Å². The summed E-state index contributed by atoms with van der Waals surface area (Å²) in [4.78, 5) is 0. The van der Waals surface area contributed by atoms with Crippen molar-refractivity contribution in [2.75, 3.05) is 0 Å². The molecule has 1 aliphatic rings. The molecule has 6 heteroatoms. The van der Waals surface area contributed by atoms with Crippen molar-refractivity contribution in [3.8, 4) is 34.3 Å². The van der Waals surface area contributed by atoms with Crippen molar-refractivity contribution in [3.63, 3.8) is 0 Å². The Balaban J connectivity index is 1.64. The first kappa shape index (κ1) is 18.6. The SMILES string of the molecule is N#CC1=C(N)Oc2n[nH]c(-c3ccc(-c4ccccc4)cc3)c2[C@H]1c1ccccc1F. The number of allylic oxidation sites excluding steroid dienone is 1. The van der Waals surface area contributed by atoms with E-state index in [2.05, 4.69) is 16.3 Å². The normalized spacial score (nSPS) is 15.2. The quantitative estimate of drug-likeness (QED) is 0.494. The van der Waals surface area contributed by atoms with E-state index in [1.54, 1.807) is 18.2 Å². The fourth-order valence-corrected chi connectivity index (χ4v) is 3.95. The van der Waals surface area contributed by atoms with Crippen LogP contribution in [0.4, 0.5) is 4.39 Å². The van der Waals surface area contributed by atoms with Crippen LogP contribution in [-0.2, 0) is 0 Å². The highest BCUT2D eigenvalue weighted by atomic mass is 19.1. The molecular formula is C25H17FN4O. The van der Waals surface area contributed by atoms with Crippen LogP contribution in [0.25, 0.3) is 22.4 Å². The van der Waals surface area contributed by atoms with Crippen LogP contribution in [0.15, 0.2) is 90.3 Å². The molecule has 1 aliphatic heterocycles. The van der Waals surface area contributed by atoms with Crippen molar-refractivity contribution in [3.05, 3.63) is 107 Å². The Morgan fingerprint density at radius 2 is 1.55 bits per heavy atom. The minimum absolute atomic E-state index is 0.0688. The van der Waals surface area contributed by atoms with Crippen molar-refractivity contribution in [1.29, 1.82) is 5.26 Å². The summed E-state index contributed by atoms with van der Waals surface area (Å²) in [6.07, 6.45) is 0. The molecule has 3 N–H and O–H groups in total. The maximum absolute atomic E-state index is 14.7. The summed E-state index contributed by atoms with van der Waals surface area (Å²) in [5.74, 6) is -0.974. The van der Waals surface area contributed by atoms with E-state index in [-0.39, 0.29) is 17.3 Å². The number of nitrogens with two attached hydrogens (primary N) is 1. The van der Waals surface area contributed by atoms with E-state index in [0.717, 1.165) is 16.7 Å². The maximum atomic E-state index is 14.7. The third-order valence-electron chi connectivity index (χ3n) is 5.44. The summed E-state index contributed by atoms with van der Waals surface area (Å²) in [7, 11) is 0. The number of aromatic nitrogens is 2. The van der Waals surface area contributed by atoms with Crippen LogP contribution in [0.2, 0.25) is 0 Å². The van der Waals surface area contributed by atoms with Crippen LogP contribution in [0.3, 0.4) is 0 Å². The maximum Gasteiger partial charge on any atom is 0.244 e. The van der Waals surface area contributed by atoms with E-state index in [9.17, 15) is 9.65 Å². The zero-order chi connectivity index (χ0) is 21.4. The molecule has 0 amide bonds. The number of ether oxygens (including phenoxy) is 1. The lowest BCUT2D eigenvalue weighted by atomic mass is 9.82. The molecule has 5 rings (SSSR count). The summed E-state index contributed by atoms with van der Waals surface area (Å²) < 4.78 is 20.3. The number of nitrogens with one attached hydrogen (secondary N) is 1. The Morgan fingerprint density at radius 3 is 2.26 bits per heavy atom. The van der Waals surface area contributed by atoms with Crippen molar-refractivity contribution in [2.45, 2.75) is 5.92 Å². The smallest absolute Gasteiger partial charge is 0.244 e. The minimum atomic E-state index is -0.725. The van der Waals surface area contributed by atoms with Crippen molar-refractivity contribution >= 4 is 0 Å². The molecule has 0 spiro atoms. The summed E-state index contributed by atoms with van der Waals surface area (Å²) >= 11 is 0. The highest BCUT2D eigenvalue weighted by molar-refractivity contribution is 5.74. The van der Waals surface area contributed by atoms with Gasteiger partial charge in [0, 0.05) is 11.1 Å². The summed E-state index contributed by atoms with van der Waals surface area (Å²) in [5, 5.41) is 17.0. The Bertz CT molecular complexity index is 1330. The van der Waals surface area contributed by atoms with Gasteiger partial charge in [0.05, 0.1) is 17.2 Å². The molecule has 0 bridgehead atoms. The zero-order valence-corrected chi connectivity index (χ0v) is 16.3. The third-order valence-corrected chi connectivity index (χ3v) is 5.44. The first-order chi connectivity index (χ1) is 15.2. The van der Waals surface area contributed by atoms with Gasteiger partial charge in [-0.15, -0.1) is 5.10 Å². The summed E-state index contributed by atoms with van der Waals surface area (Å²) in [5.41, 5.74) is 10.7. The second-order valence-corrected chi connectivity index (χ2v) is 7.21. The highest BCUT2D eigenvalue weighted by Gasteiger charge is 2.36. The van der Waals surface area contributed by atoms with Crippen molar-refractivity contribution in [1.82, 2.24) is 10.2 Å². The van der Waals surface area contributed by atoms with Crippen LogP contribution in [0.1, 0.15) is 17.0 Å². The number of aromatic amines is 1. The van der Waals surface area contributed by atoms with E-state index < -0.39 is 11.7 Å². The molecule has 2 heterocycles. The molecule has 1 aromatic heterocycles. The van der Waals surface area contributed by atoms with Crippen molar-refractivity contribution in [2.24, 2.45) is 5.73 Å². The lowest BCUT2D eigenvalue weighted by Crippen LogP contribution is -2.21. The van der Waals surface area contributed by atoms with Gasteiger partial charge in [0.25, 0.3) is 0 Å². The molecule has 3 aromatic carbocycles. The molecule has 4 aromatic rings. The number of H-pyrrole nitrogens is 1. The lowest BCUT2D eigenvalue weighted by molar-refractivity contribution is 0.378. The third kappa shape index (κ3) is 3.13. The molecule has 0 unspecified atom stereocenters. The average molecular weight is 408 g/mol. The Kier molecular flexibility index (Phi) is 4.49. The van der Waals surface area contributed by atoms with Gasteiger partial charge in [-0.05, 0) is 17.2 Å². The monoisotopic (exact) mass is 408 g/mol. The van der Waals surface area contributed by atoms with Crippen LogP contribution in [0.5, 0.6) is 5.88 Å². The van der Waals surface area contributed by atoms with Gasteiger partial charge in [0.15, 0.2) is 0 Å². The van der Waals surface area contributed by atoms with Gasteiger partial charge >= 0.3 is 0 Å². The number of nitrogens with zero attached hydrogens (tertiary/aromatic N) is 2. The number of hydrogen-bond acceptors (Lipinski definition) is 4. The number of halogens is 1. The van der Waals surface area contributed by atoms with Gasteiger partial charge < -0.3 is 10.5 Å². The average Bonchev–Trinajstić information content (AvgIpc) is 3.23. The number of rotatable bonds is 3. The second kappa shape index (κ2) is 7.47. The fraction of sp³-hybridized carbons (Fsp3) is 0.0400. The molecule has 5 nitrogen and oxygen atoms in total. The first-order valence-corrected chi connectivity index (χ1v) is 9.73. The van der Waals surface area contributed by atoms with Crippen LogP contribution < -0.4 is 10.5 Å². The van der Waals surface area contributed by atoms with E-state index in [0.29, 0.717) is 16.8 Å². The van der Waals surface area contributed by atoms with Gasteiger partial charge in [0.2, 0.25) is 11.8 Å². The van der Waals surface area contributed by atoms with Gasteiger partial charge in [-0.1, -0.05) is 72.8 Å². The molecule has 0 radical (unpaired) electrons. The van der Waals surface area contributed by atoms with Gasteiger partial charge in [0.1, 0.15) is 17.5 Å². The number of fused-ring (bicyclic) bond motifs is 1. The minimum Gasteiger partial charge on any atom is -0.420 e. The Hall–Kier alpha value is -4.37. The van der Waals surface area contributed by atoms with Crippen LogP contribution in [0, 0.1) is 17.1 Å². The van der Waals surface area contributed by atoms with E-state index in [1.165, 1.54) is 6.07 Å². The molecule has 150 valence electrons. The van der Waals surface area contributed by atoms with E-state index >= 15 is 0 Å². The van der Waals surface area contributed by atoms with Gasteiger partial charge in [-0.2, -0.15) is 5.26 Å². The summed E-state index contributed by atoms with van der Waals surface area (Å²) in [6, 6.07) is 26.4. The number of nitriles is 1. The molecule has 0 fully saturated rings. The Morgan fingerprint density at radius 1 is 0.903 bits per heavy atom. The molecule has 31 heavy (non-hydrogen) atoms. The molecule has 0 aliphatic carbocycles. The lowest BCUT2D eigenvalue weighted by Gasteiger charge is -2.24. The first-order valence-electron chi connectivity index (χ1n) is 9.73. The van der Waals surface area contributed by atoms with E-state index in [4.69, 9.17) is 10.5 Å². The van der Waals surface area contributed by atoms with Gasteiger partial charge in [-0.25, -0.2) is 4.39 Å². The Labute approximate surface area is 178 Å².